The molecule has 0 radical (unpaired) electrons. The second kappa shape index (κ2) is 8.66. The maximum absolute atomic E-state index is 11.9. The number of likely N-dealkylation sites (tertiary alicyclic amines) is 1. The van der Waals surface area contributed by atoms with E-state index in [0.29, 0.717) is 6.54 Å². The van der Waals surface area contributed by atoms with Gasteiger partial charge in [0.15, 0.2) is 0 Å². The van der Waals surface area contributed by atoms with E-state index in [9.17, 15) is 9.90 Å². The minimum Gasteiger partial charge on any atom is -0.465 e. The summed E-state index contributed by atoms with van der Waals surface area (Å²) in [6.07, 6.45) is 1.77. The van der Waals surface area contributed by atoms with Gasteiger partial charge in [0.25, 0.3) is 0 Å². The van der Waals surface area contributed by atoms with Crippen molar-refractivity contribution in [3.05, 3.63) is 83.9 Å². The van der Waals surface area contributed by atoms with E-state index in [1.807, 2.05) is 18.2 Å². The smallest absolute Gasteiger partial charge is 0.407 e. The number of nitrogens with one attached hydrogen (secondary N) is 1. The lowest BCUT2D eigenvalue weighted by atomic mass is 9.89. The quantitative estimate of drug-likeness (QED) is 0.628. The lowest BCUT2D eigenvalue weighted by molar-refractivity contribution is 0.0867. The third-order valence-electron chi connectivity index (χ3n) is 6.07. The second-order valence-electron chi connectivity index (χ2n) is 7.94. The van der Waals surface area contributed by atoms with Crippen molar-refractivity contribution < 1.29 is 9.90 Å². The molecule has 0 saturated carbocycles. The maximum atomic E-state index is 11.9. The van der Waals surface area contributed by atoms with Gasteiger partial charge in [0.1, 0.15) is 0 Å². The summed E-state index contributed by atoms with van der Waals surface area (Å²) in [5.74, 6) is 0. The van der Waals surface area contributed by atoms with E-state index in [4.69, 9.17) is 0 Å². The van der Waals surface area contributed by atoms with Crippen LogP contribution < -0.4 is 5.32 Å². The molecule has 1 amide bonds. The van der Waals surface area contributed by atoms with Gasteiger partial charge in [-0.3, -0.25) is 0 Å². The Morgan fingerprint density at radius 2 is 1.79 bits per heavy atom. The fourth-order valence-electron chi connectivity index (χ4n) is 4.64. The first-order valence-electron chi connectivity index (χ1n) is 10.4. The lowest BCUT2D eigenvalue weighted by Gasteiger charge is -2.41. The molecule has 0 aliphatic carbocycles. The Balaban J connectivity index is 1.59. The predicted octanol–water partition coefficient (Wildman–Crippen LogP) is 5.24. The number of carbonyl (C=O) groups is 1. The molecule has 2 N–H and O–H groups in total. The molecule has 1 unspecified atom stereocenters. The number of hydrogen-bond donors (Lipinski definition) is 2. The molecule has 4 nitrogen and oxygen atoms in total. The fraction of sp³-hybridized carbons (Fsp3) is 0.320. The molecule has 4 rings (SSSR count). The summed E-state index contributed by atoms with van der Waals surface area (Å²) in [5.41, 5.74) is 2.43. The highest BCUT2D eigenvalue weighted by molar-refractivity contribution is 5.86. The fourth-order valence-corrected chi connectivity index (χ4v) is 4.64. The zero-order valence-electron chi connectivity index (χ0n) is 16.8. The van der Waals surface area contributed by atoms with Crippen LogP contribution in [0.1, 0.15) is 36.9 Å². The van der Waals surface area contributed by atoms with Crippen LogP contribution in [-0.4, -0.2) is 34.7 Å². The van der Waals surface area contributed by atoms with Crippen molar-refractivity contribution in [2.45, 2.75) is 44.3 Å². The van der Waals surface area contributed by atoms with Gasteiger partial charge in [-0.1, -0.05) is 72.8 Å². The minimum atomic E-state index is -0.824. The SMILES string of the molecule is C[C@@H](NC1CCCN(C(=O)O)[C@@H]1Cc1ccccc1)c1cccc2ccccc12. The summed E-state index contributed by atoms with van der Waals surface area (Å²) in [6, 6.07) is 25.2. The molecule has 1 aliphatic heterocycles. The van der Waals surface area contributed by atoms with Crippen LogP contribution in [0.15, 0.2) is 72.8 Å². The van der Waals surface area contributed by atoms with Gasteiger partial charge < -0.3 is 15.3 Å². The Kier molecular flexibility index (Phi) is 5.81. The molecule has 1 heterocycles. The summed E-state index contributed by atoms with van der Waals surface area (Å²) in [5, 5.41) is 16.1. The monoisotopic (exact) mass is 388 g/mol. The highest BCUT2D eigenvalue weighted by atomic mass is 16.4. The maximum Gasteiger partial charge on any atom is 0.407 e. The second-order valence-corrected chi connectivity index (χ2v) is 7.94. The van der Waals surface area contributed by atoms with Crippen molar-refractivity contribution in [1.29, 1.82) is 0 Å². The standard InChI is InChI=1S/C25H28N2O2/c1-18(21-14-7-12-20-11-5-6-13-22(20)21)26-23-15-8-16-27(25(28)29)24(23)17-19-9-3-2-4-10-19/h2-7,9-14,18,23-24,26H,8,15-17H2,1H3,(H,28,29)/t18-,23?,24-/m1/s1. The highest BCUT2D eigenvalue weighted by Gasteiger charge is 2.35. The van der Waals surface area contributed by atoms with Crippen LogP contribution in [0, 0.1) is 0 Å². The first-order valence-corrected chi connectivity index (χ1v) is 10.4. The van der Waals surface area contributed by atoms with Crippen LogP contribution in [-0.2, 0) is 6.42 Å². The summed E-state index contributed by atoms with van der Waals surface area (Å²) >= 11 is 0. The molecule has 0 spiro atoms. The van der Waals surface area contributed by atoms with Gasteiger partial charge in [0.2, 0.25) is 0 Å². The van der Waals surface area contributed by atoms with Gasteiger partial charge in [0.05, 0.1) is 6.04 Å². The third-order valence-corrected chi connectivity index (χ3v) is 6.07. The predicted molar refractivity (Wildman–Crippen MR) is 117 cm³/mol. The van der Waals surface area contributed by atoms with Crippen molar-refractivity contribution in [3.63, 3.8) is 0 Å². The number of benzene rings is 3. The van der Waals surface area contributed by atoms with Crippen molar-refractivity contribution in [2.75, 3.05) is 6.54 Å². The summed E-state index contributed by atoms with van der Waals surface area (Å²) < 4.78 is 0. The van der Waals surface area contributed by atoms with Gasteiger partial charge >= 0.3 is 6.09 Å². The van der Waals surface area contributed by atoms with E-state index in [2.05, 4.69) is 66.8 Å². The van der Waals surface area contributed by atoms with Gasteiger partial charge in [-0.15, -0.1) is 0 Å². The first-order chi connectivity index (χ1) is 14.1. The van der Waals surface area contributed by atoms with Crippen molar-refractivity contribution in [2.24, 2.45) is 0 Å². The van der Waals surface area contributed by atoms with E-state index < -0.39 is 6.09 Å². The van der Waals surface area contributed by atoms with Gasteiger partial charge in [-0.2, -0.15) is 0 Å². The van der Waals surface area contributed by atoms with E-state index in [1.54, 1.807) is 4.90 Å². The molecule has 0 aromatic heterocycles. The van der Waals surface area contributed by atoms with Crippen molar-refractivity contribution >= 4 is 16.9 Å². The summed E-state index contributed by atoms with van der Waals surface area (Å²) in [4.78, 5) is 13.6. The first kappa shape index (κ1) is 19.5. The van der Waals surface area contributed by atoms with E-state index >= 15 is 0 Å². The van der Waals surface area contributed by atoms with E-state index in [-0.39, 0.29) is 18.1 Å². The number of rotatable bonds is 5. The molecular formula is C25H28N2O2. The number of nitrogens with zero attached hydrogens (tertiary/aromatic N) is 1. The molecule has 3 aromatic rings. The molecule has 1 fully saturated rings. The molecule has 3 aromatic carbocycles. The Morgan fingerprint density at radius 1 is 1.07 bits per heavy atom. The molecular weight excluding hydrogens is 360 g/mol. The molecule has 3 atom stereocenters. The van der Waals surface area contributed by atoms with Crippen molar-refractivity contribution in [3.8, 4) is 0 Å². The van der Waals surface area contributed by atoms with E-state index in [0.717, 1.165) is 19.3 Å². The average Bonchev–Trinajstić information content (AvgIpc) is 2.75. The van der Waals surface area contributed by atoms with Gasteiger partial charge in [-0.25, -0.2) is 4.79 Å². The molecule has 29 heavy (non-hydrogen) atoms. The number of fused-ring (bicyclic) bond motifs is 1. The Hall–Kier alpha value is -2.85. The number of piperidine rings is 1. The van der Waals surface area contributed by atoms with Crippen LogP contribution in [0.25, 0.3) is 10.8 Å². The van der Waals surface area contributed by atoms with Crippen LogP contribution in [0.3, 0.4) is 0 Å². The molecule has 1 saturated heterocycles. The van der Waals surface area contributed by atoms with E-state index in [1.165, 1.54) is 21.9 Å². The van der Waals surface area contributed by atoms with Gasteiger partial charge in [-0.05, 0) is 48.1 Å². The number of hydrogen-bond acceptors (Lipinski definition) is 2. The number of amides is 1. The van der Waals surface area contributed by atoms with Gasteiger partial charge in [0, 0.05) is 18.6 Å². The van der Waals surface area contributed by atoms with Crippen LogP contribution in [0.4, 0.5) is 4.79 Å². The zero-order chi connectivity index (χ0) is 20.2. The van der Waals surface area contributed by atoms with Crippen LogP contribution in [0.2, 0.25) is 0 Å². The zero-order valence-corrected chi connectivity index (χ0v) is 16.8. The topological polar surface area (TPSA) is 52.6 Å². The summed E-state index contributed by atoms with van der Waals surface area (Å²) in [6.45, 7) is 2.79. The normalized spacial score (nSPS) is 20.5. The largest absolute Gasteiger partial charge is 0.465 e. The highest BCUT2D eigenvalue weighted by Crippen LogP contribution is 2.28. The molecule has 1 aliphatic rings. The Bertz CT molecular complexity index is 967. The molecule has 150 valence electrons. The minimum absolute atomic E-state index is 0.0684. The van der Waals surface area contributed by atoms with Crippen molar-refractivity contribution in [1.82, 2.24) is 10.2 Å². The molecule has 0 bridgehead atoms. The van der Waals surface area contributed by atoms with Crippen LogP contribution in [0.5, 0.6) is 0 Å². The third kappa shape index (κ3) is 4.28. The average molecular weight is 389 g/mol. The van der Waals surface area contributed by atoms with Crippen LogP contribution >= 0.6 is 0 Å². The summed E-state index contributed by atoms with van der Waals surface area (Å²) in [7, 11) is 0. The Morgan fingerprint density at radius 3 is 2.59 bits per heavy atom. The Labute approximate surface area is 172 Å². The molecule has 4 heteroatoms. The number of carboxylic acid groups (broad SMARTS) is 1. The lowest BCUT2D eigenvalue weighted by Crippen LogP contribution is -2.56.